The van der Waals surface area contributed by atoms with Crippen molar-refractivity contribution in [3.05, 3.63) is 0 Å². The highest BCUT2D eigenvalue weighted by molar-refractivity contribution is 5.72. The maximum Gasteiger partial charge on any atom is 0.308 e. The largest absolute Gasteiger partial charge is 0.469 e. The molecule has 1 atom stereocenters. The zero-order chi connectivity index (χ0) is 12.7. The Morgan fingerprint density at radius 3 is 2.41 bits per heavy atom. The van der Waals surface area contributed by atoms with Gasteiger partial charge in [-0.05, 0) is 39.0 Å². The monoisotopic (exact) mass is 244 g/mol. The van der Waals surface area contributed by atoms with E-state index in [1.807, 2.05) is 0 Å². The first-order valence-electron chi connectivity index (χ1n) is 6.39. The lowest BCUT2D eigenvalue weighted by Crippen LogP contribution is -2.29. The molecule has 1 rings (SSSR count). The zero-order valence-electron chi connectivity index (χ0n) is 11.1. The molecule has 1 unspecified atom stereocenters. The minimum atomic E-state index is -0.0733. The molecule has 1 aliphatic carbocycles. The summed E-state index contributed by atoms with van der Waals surface area (Å²) in [5, 5.41) is 0. The molecule has 0 N–H and O–H groups in total. The Morgan fingerprint density at radius 1 is 1.24 bits per heavy atom. The summed E-state index contributed by atoms with van der Waals surface area (Å²) in [5.41, 5.74) is 0. The molecule has 0 spiro atoms. The third-order valence-corrected chi connectivity index (χ3v) is 3.36. The summed E-state index contributed by atoms with van der Waals surface area (Å²) in [6.45, 7) is 2.81. The lowest BCUT2D eigenvalue weighted by molar-refractivity contribution is -0.148. The minimum Gasteiger partial charge on any atom is -0.469 e. The van der Waals surface area contributed by atoms with Crippen molar-refractivity contribution in [2.24, 2.45) is 5.92 Å². The lowest BCUT2D eigenvalue weighted by atomic mass is 9.87. The summed E-state index contributed by atoms with van der Waals surface area (Å²) in [5.74, 6) is 0.00464. The average molecular weight is 244 g/mol. The van der Waals surface area contributed by atoms with Crippen LogP contribution in [-0.4, -0.2) is 39.0 Å². The molecule has 1 aliphatic rings. The van der Waals surface area contributed by atoms with Gasteiger partial charge in [0.25, 0.3) is 0 Å². The molecule has 0 heterocycles. The van der Waals surface area contributed by atoms with Gasteiger partial charge in [-0.2, -0.15) is 0 Å². The van der Waals surface area contributed by atoms with Gasteiger partial charge in [-0.15, -0.1) is 0 Å². The van der Waals surface area contributed by atoms with E-state index < -0.39 is 0 Å². The second kappa shape index (κ2) is 7.67. The van der Waals surface area contributed by atoms with Crippen LogP contribution in [-0.2, 0) is 19.0 Å². The average Bonchev–Trinajstić information content (AvgIpc) is 2.36. The maximum atomic E-state index is 11.4. The van der Waals surface area contributed by atoms with Gasteiger partial charge in [-0.3, -0.25) is 4.79 Å². The van der Waals surface area contributed by atoms with Crippen LogP contribution in [0.25, 0.3) is 0 Å². The summed E-state index contributed by atoms with van der Waals surface area (Å²) in [7, 11) is 3.16. The van der Waals surface area contributed by atoms with Gasteiger partial charge in [0.2, 0.25) is 0 Å². The van der Waals surface area contributed by atoms with Gasteiger partial charge < -0.3 is 14.2 Å². The summed E-state index contributed by atoms with van der Waals surface area (Å²) in [6.07, 6.45) is 5.13. The molecule has 4 heteroatoms. The van der Waals surface area contributed by atoms with Crippen molar-refractivity contribution in [1.82, 2.24) is 0 Å². The van der Waals surface area contributed by atoms with Crippen LogP contribution in [0.1, 0.15) is 39.0 Å². The summed E-state index contributed by atoms with van der Waals surface area (Å²) < 4.78 is 15.7. The molecule has 4 nitrogen and oxygen atoms in total. The number of methoxy groups -OCH3 is 2. The van der Waals surface area contributed by atoms with Gasteiger partial charge in [0, 0.05) is 13.7 Å². The Labute approximate surface area is 104 Å². The Hall–Kier alpha value is -0.610. The Bertz CT molecular complexity index is 221. The molecule has 1 fully saturated rings. The quantitative estimate of drug-likeness (QED) is 0.672. The van der Waals surface area contributed by atoms with Crippen molar-refractivity contribution in [2.75, 3.05) is 20.8 Å². The van der Waals surface area contributed by atoms with Crippen LogP contribution in [0.5, 0.6) is 0 Å². The number of ether oxygens (including phenoxy) is 3. The molecule has 0 amide bonds. The van der Waals surface area contributed by atoms with E-state index in [0.717, 1.165) is 38.7 Å². The predicted octanol–water partition coefficient (Wildman–Crippen LogP) is 2.16. The van der Waals surface area contributed by atoms with Crippen LogP contribution < -0.4 is 0 Å². The van der Waals surface area contributed by atoms with E-state index >= 15 is 0 Å². The fourth-order valence-corrected chi connectivity index (χ4v) is 2.28. The Morgan fingerprint density at radius 2 is 1.88 bits per heavy atom. The molecule has 0 radical (unpaired) electrons. The number of carbonyl (C=O) groups is 1. The van der Waals surface area contributed by atoms with Crippen molar-refractivity contribution >= 4 is 5.97 Å². The first-order chi connectivity index (χ1) is 8.17. The van der Waals surface area contributed by atoms with Gasteiger partial charge in [0.05, 0.1) is 25.2 Å². The van der Waals surface area contributed by atoms with Crippen molar-refractivity contribution in [1.29, 1.82) is 0 Å². The second-order valence-electron chi connectivity index (χ2n) is 4.72. The van der Waals surface area contributed by atoms with Crippen LogP contribution in [0.2, 0.25) is 0 Å². The second-order valence-corrected chi connectivity index (χ2v) is 4.72. The van der Waals surface area contributed by atoms with Crippen molar-refractivity contribution in [3.8, 4) is 0 Å². The van der Waals surface area contributed by atoms with Crippen LogP contribution in [0.3, 0.4) is 0 Å². The molecule has 0 aromatic heterocycles. The molecule has 0 saturated heterocycles. The third-order valence-electron chi connectivity index (χ3n) is 3.36. The number of carbonyl (C=O) groups excluding carboxylic acids is 1. The normalized spacial score (nSPS) is 26.5. The maximum absolute atomic E-state index is 11.4. The highest BCUT2D eigenvalue weighted by Crippen LogP contribution is 2.28. The molecule has 100 valence electrons. The van der Waals surface area contributed by atoms with Gasteiger partial charge in [-0.1, -0.05) is 0 Å². The zero-order valence-corrected chi connectivity index (χ0v) is 11.1. The molecule has 0 aromatic carbocycles. The SMILES string of the molecule is COCCC(C)OC1CCC(C(=O)OC)CC1. The van der Waals surface area contributed by atoms with E-state index in [1.54, 1.807) is 7.11 Å². The molecular formula is C13H24O4. The van der Waals surface area contributed by atoms with Gasteiger partial charge in [-0.25, -0.2) is 0 Å². The molecule has 0 aromatic rings. The number of hydrogen-bond acceptors (Lipinski definition) is 4. The first kappa shape index (κ1) is 14.5. The van der Waals surface area contributed by atoms with E-state index in [1.165, 1.54) is 7.11 Å². The predicted molar refractivity (Wildman–Crippen MR) is 64.8 cm³/mol. The van der Waals surface area contributed by atoms with Crippen LogP contribution >= 0.6 is 0 Å². The van der Waals surface area contributed by atoms with E-state index in [9.17, 15) is 4.79 Å². The van der Waals surface area contributed by atoms with Gasteiger partial charge in [0.15, 0.2) is 0 Å². The van der Waals surface area contributed by atoms with E-state index in [0.29, 0.717) is 6.10 Å². The van der Waals surface area contributed by atoms with Gasteiger partial charge in [0.1, 0.15) is 0 Å². The highest BCUT2D eigenvalue weighted by Gasteiger charge is 2.27. The smallest absolute Gasteiger partial charge is 0.308 e. The van der Waals surface area contributed by atoms with Crippen molar-refractivity contribution in [2.45, 2.75) is 51.2 Å². The van der Waals surface area contributed by atoms with E-state index in [-0.39, 0.29) is 18.0 Å². The molecule has 17 heavy (non-hydrogen) atoms. The standard InChI is InChI=1S/C13H24O4/c1-10(8-9-15-2)17-12-6-4-11(5-7-12)13(14)16-3/h10-12H,4-9H2,1-3H3. The topological polar surface area (TPSA) is 44.8 Å². The Kier molecular flexibility index (Phi) is 6.52. The number of esters is 1. The number of hydrogen-bond donors (Lipinski definition) is 0. The van der Waals surface area contributed by atoms with Gasteiger partial charge >= 0.3 is 5.97 Å². The molecular weight excluding hydrogens is 220 g/mol. The van der Waals surface area contributed by atoms with E-state index in [2.05, 4.69) is 6.92 Å². The van der Waals surface area contributed by atoms with Crippen molar-refractivity contribution in [3.63, 3.8) is 0 Å². The fraction of sp³-hybridized carbons (Fsp3) is 0.923. The van der Waals surface area contributed by atoms with Crippen molar-refractivity contribution < 1.29 is 19.0 Å². The lowest BCUT2D eigenvalue weighted by Gasteiger charge is -2.29. The van der Waals surface area contributed by atoms with Crippen LogP contribution in [0, 0.1) is 5.92 Å². The number of rotatable bonds is 6. The highest BCUT2D eigenvalue weighted by atomic mass is 16.5. The molecule has 1 saturated carbocycles. The van der Waals surface area contributed by atoms with Crippen LogP contribution in [0.4, 0.5) is 0 Å². The minimum absolute atomic E-state index is 0.0733. The fourth-order valence-electron chi connectivity index (χ4n) is 2.28. The third kappa shape index (κ3) is 5.04. The molecule has 0 aliphatic heterocycles. The van der Waals surface area contributed by atoms with E-state index in [4.69, 9.17) is 14.2 Å². The molecule has 0 bridgehead atoms. The Balaban J connectivity index is 2.20. The van der Waals surface area contributed by atoms with Crippen LogP contribution in [0.15, 0.2) is 0 Å². The summed E-state index contributed by atoms with van der Waals surface area (Å²) in [6, 6.07) is 0. The summed E-state index contributed by atoms with van der Waals surface area (Å²) >= 11 is 0. The summed E-state index contributed by atoms with van der Waals surface area (Å²) in [4.78, 5) is 11.4. The first-order valence-corrected chi connectivity index (χ1v) is 6.39.